The first-order valence-electron chi connectivity index (χ1n) is 8.76. The second kappa shape index (κ2) is 8.32. The molecule has 2 aromatic carbocycles. The van der Waals surface area contributed by atoms with E-state index in [4.69, 9.17) is 0 Å². The second-order valence-corrected chi connectivity index (χ2v) is 6.60. The molecule has 12 heteroatoms. The van der Waals surface area contributed by atoms with Crippen molar-refractivity contribution in [2.75, 3.05) is 5.32 Å². The maximum absolute atomic E-state index is 13.1. The Balaban J connectivity index is 1.94. The van der Waals surface area contributed by atoms with Gasteiger partial charge < -0.3 is 5.32 Å². The highest BCUT2D eigenvalue weighted by atomic mass is 19.4. The lowest BCUT2D eigenvalue weighted by atomic mass is 10.0. The van der Waals surface area contributed by atoms with Crippen LogP contribution < -0.4 is 5.32 Å². The summed E-state index contributed by atoms with van der Waals surface area (Å²) >= 11 is 0. The zero-order chi connectivity index (χ0) is 23.7. The topological polar surface area (TPSA) is 37.8 Å². The van der Waals surface area contributed by atoms with Gasteiger partial charge in [-0.1, -0.05) is 12.1 Å². The molecule has 0 spiro atoms. The molecule has 0 amide bonds. The van der Waals surface area contributed by atoms with Crippen molar-refractivity contribution in [2.24, 2.45) is 0 Å². The Morgan fingerprint density at radius 1 is 0.625 bits per heavy atom. The van der Waals surface area contributed by atoms with Crippen LogP contribution in [0.25, 0.3) is 11.3 Å². The first-order chi connectivity index (χ1) is 14.7. The van der Waals surface area contributed by atoms with Crippen molar-refractivity contribution in [2.45, 2.75) is 25.1 Å². The highest BCUT2D eigenvalue weighted by Gasteiger charge is 2.37. The molecule has 0 aliphatic heterocycles. The summed E-state index contributed by atoms with van der Waals surface area (Å²) < 4.78 is 117. The summed E-state index contributed by atoms with van der Waals surface area (Å²) in [5.41, 5.74) is -4.28. The Morgan fingerprint density at radius 3 is 1.62 bits per heavy atom. The van der Waals surface area contributed by atoms with Crippen LogP contribution in [0, 0.1) is 0 Å². The zero-order valence-corrected chi connectivity index (χ0v) is 15.7. The Kier molecular flexibility index (Phi) is 6.07. The molecular weight excluding hydrogens is 453 g/mol. The predicted octanol–water partition coefficient (Wildman–Crippen LogP) is 6.81. The average Bonchev–Trinajstić information content (AvgIpc) is 2.70. The number of nitrogens with zero attached hydrogens (tertiary/aromatic N) is 2. The van der Waals surface area contributed by atoms with Gasteiger partial charge in [-0.25, -0.2) is 4.98 Å². The van der Waals surface area contributed by atoms with Gasteiger partial charge in [0.1, 0.15) is 5.69 Å². The van der Waals surface area contributed by atoms with Crippen LogP contribution in [0.4, 0.5) is 45.3 Å². The molecule has 32 heavy (non-hydrogen) atoms. The van der Waals surface area contributed by atoms with Crippen LogP contribution in [-0.4, -0.2) is 9.97 Å². The van der Waals surface area contributed by atoms with Gasteiger partial charge >= 0.3 is 18.5 Å². The second-order valence-electron chi connectivity index (χ2n) is 6.60. The van der Waals surface area contributed by atoms with Crippen LogP contribution in [0.2, 0.25) is 0 Å². The normalized spacial score (nSPS) is 12.7. The Morgan fingerprint density at radius 2 is 1.12 bits per heavy atom. The van der Waals surface area contributed by atoms with Crippen LogP contribution in [0.15, 0.2) is 54.9 Å². The third-order valence-corrected chi connectivity index (χ3v) is 4.30. The van der Waals surface area contributed by atoms with Gasteiger partial charge in [0.05, 0.1) is 16.7 Å². The van der Waals surface area contributed by atoms with Crippen LogP contribution in [0.5, 0.6) is 0 Å². The van der Waals surface area contributed by atoms with E-state index >= 15 is 0 Å². The maximum atomic E-state index is 13.1. The van der Waals surface area contributed by atoms with Gasteiger partial charge in [0.25, 0.3) is 0 Å². The van der Waals surface area contributed by atoms with E-state index in [1.165, 1.54) is 12.1 Å². The number of anilines is 1. The first-order valence-corrected chi connectivity index (χ1v) is 8.76. The minimum absolute atomic E-state index is 0.00479. The molecule has 0 radical (unpaired) electrons. The van der Waals surface area contributed by atoms with Gasteiger partial charge in [-0.05, 0) is 35.9 Å². The average molecular weight is 465 g/mol. The van der Waals surface area contributed by atoms with Crippen LogP contribution in [0.1, 0.15) is 22.3 Å². The lowest BCUT2D eigenvalue weighted by Crippen LogP contribution is -2.12. The molecule has 0 atom stereocenters. The fraction of sp³-hybridized carbons (Fsp3) is 0.200. The molecule has 1 heterocycles. The van der Waals surface area contributed by atoms with Crippen LogP contribution >= 0.6 is 0 Å². The highest BCUT2D eigenvalue weighted by Crippen LogP contribution is 2.39. The Labute approximate surface area is 174 Å². The monoisotopic (exact) mass is 465 g/mol. The van der Waals surface area contributed by atoms with Gasteiger partial charge in [-0.15, -0.1) is 0 Å². The standard InChI is InChI=1S/C20H12F9N3/c21-18(22,23)13-3-1-11(2-4-13)10-32-17-16(30-5-6-31-17)12-7-14(19(24,25)26)9-15(8-12)20(27,28)29/h1-9H,10H2,(H,31,32). The van der Waals surface area contributed by atoms with E-state index in [9.17, 15) is 39.5 Å². The van der Waals surface area contributed by atoms with Crippen molar-refractivity contribution in [3.63, 3.8) is 0 Å². The van der Waals surface area contributed by atoms with Crippen molar-refractivity contribution in [3.05, 3.63) is 77.1 Å². The molecule has 170 valence electrons. The summed E-state index contributed by atoms with van der Waals surface area (Å²) in [4.78, 5) is 7.74. The number of rotatable bonds is 4. The number of halogens is 9. The molecule has 1 N–H and O–H groups in total. The minimum Gasteiger partial charge on any atom is -0.364 e. The molecular formula is C20H12F9N3. The van der Waals surface area contributed by atoms with Crippen molar-refractivity contribution < 1.29 is 39.5 Å². The SMILES string of the molecule is FC(F)(F)c1ccc(CNc2nccnc2-c2cc(C(F)(F)F)cc(C(F)(F)F)c2)cc1. The van der Waals surface area contributed by atoms with Crippen molar-refractivity contribution in [1.82, 2.24) is 9.97 Å². The fourth-order valence-electron chi connectivity index (χ4n) is 2.77. The van der Waals surface area contributed by atoms with Crippen LogP contribution in [-0.2, 0) is 25.1 Å². The lowest BCUT2D eigenvalue weighted by Gasteiger charge is -2.16. The molecule has 0 fully saturated rings. The number of alkyl halides is 9. The fourth-order valence-corrected chi connectivity index (χ4v) is 2.77. The van der Waals surface area contributed by atoms with E-state index < -0.39 is 40.8 Å². The Hall–Kier alpha value is -3.31. The Bertz CT molecular complexity index is 1050. The summed E-state index contributed by atoms with van der Waals surface area (Å²) in [6.45, 7) is -0.102. The van der Waals surface area contributed by atoms with Gasteiger partial charge in [-0.2, -0.15) is 39.5 Å². The summed E-state index contributed by atoms with van der Waals surface area (Å²) in [7, 11) is 0. The third-order valence-electron chi connectivity index (χ3n) is 4.30. The molecule has 0 saturated heterocycles. The molecule has 0 aliphatic carbocycles. The van der Waals surface area contributed by atoms with Crippen LogP contribution in [0.3, 0.4) is 0 Å². The summed E-state index contributed by atoms with van der Waals surface area (Å²) in [6.07, 6.45) is -12.3. The van der Waals surface area contributed by atoms with E-state index in [1.54, 1.807) is 0 Å². The van der Waals surface area contributed by atoms with Gasteiger partial charge in [0, 0.05) is 24.5 Å². The van der Waals surface area contributed by atoms with Crippen molar-refractivity contribution in [3.8, 4) is 11.3 Å². The lowest BCUT2D eigenvalue weighted by molar-refractivity contribution is -0.143. The number of hydrogen-bond donors (Lipinski definition) is 1. The summed E-state index contributed by atoms with van der Waals surface area (Å²) in [5.74, 6) is -0.139. The quantitative estimate of drug-likeness (QED) is 0.430. The number of hydrogen-bond acceptors (Lipinski definition) is 3. The third kappa shape index (κ3) is 5.48. The molecule has 3 aromatic rings. The maximum Gasteiger partial charge on any atom is 0.416 e. The smallest absolute Gasteiger partial charge is 0.364 e. The molecule has 1 aromatic heterocycles. The van der Waals surface area contributed by atoms with Gasteiger partial charge in [0.2, 0.25) is 0 Å². The van der Waals surface area contributed by atoms with E-state index in [-0.39, 0.29) is 24.1 Å². The largest absolute Gasteiger partial charge is 0.416 e. The molecule has 0 unspecified atom stereocenters. The van der Waals surface area contributed by atoms with E-state index in [0.29, 0.717) is 17.7 Å². The molecule has 0 bridgehead atoms. The van der Waals surface area contributed by atoms with Gasteiger partial charge in [-0.3, -0.25) is 4.98 Å². The highest BCUT2D eigenvalue weighted by molar-refractivity contribution is 5.72. The van der Waals surface area contributed by atoms with E-state index in [0.717, 1.165) is 24.5 Å². The predicted molar refractivity (Wildman–Crippen MR) is 96.2 cm³/mol. The van der Waals surface area contributed by atoms with Crippen molar-refractivity contribution in [1.29, 1.82) is 0 Å². The van der Waals surface area contributed by atoms with E-state index in [1.807, 2.05) is 0 Å². The minimum atomic E-state index is -5.04. The molecule has 0 saturated carbocycles. The number of benzene rings is 2. The zero-order valence-electron chi connectivity index (χ0n) is 15.7. The number of nitrogens with one attached hydrogen (secondary N) is 1. The summed E-state index contributed by atoms with van der Waals surface area (Å²) in [6, 6.07) is 5.07. The van der Waals surface area contributed by atoms with Gasteiger partial charge in [0.15, 0.2) is 5.82 Å². The first kappa shape index (κ1) is 23.4. The number of aromatic nitrogens is 2. The molecule has 0 aliphatic rings. The van der Waals surface area contributed by atoms with Crippen molar-refractivity contribution >= 4 is 5.82 Å². The summed E-state index contributed by atoms with van der Waals surface area (Å²) in [5, 5.41) is 2.69. The molecule has 3 nitrogen and oxygen atoms in total. The molecule has 3 rings (SSSR count). The van der Waals surface area contributed by atoms with E-state index in [2.05, 4.69) is 15.3 Å².